The first kappa shape index (κ1) is 23.9. The maximum Gasteiger partial charge on any atom is 0.264 e. The summed E-state index contributed by atoms with van der Waals surface area (Å²) >= 11 is 6.35. The van der Waals surface area contributed by atoms with Crippen molar-refractivity contribution >= 4 is 33.2 Å². The molecule has 190 valence electrons. The van der Waals surface area contributed by atoms with Crippen LogP contribution >= 0.6 is 11.6 Å². The van der Waals surface area contributed by atoms with E-state index in [1.807, 2.05) is 18.2 Å². The quantitative estimate of drug-likeness (QED) is 0.496. The lowest BCUT2D eigenvalue weighted by Crippen LogP contribution is -2.48. The fraction of sp³-hybridized carbons (Fsp3) is 0.464. The molecule has 36 heavy (non-hydrogen) atoms. The van der Waals surface area contributed by atoms with Crippen LogP contribution in [0.2, 0.25) is 5.02 Å². The van der Waals surface area contributed by atoms with Crippen LogP contribution in [0.3, 0.4) is 0 Å². The number of anilines is 1. The molecule has 1 fully saturated rings. The molecule has 6 rings (SSSR count). The number of halogens is 1. The summed E-state index contributed by atoms with van der Waals surface area (Å²) < 4.78 is 33.7. The van der Waals surface area contributed by atoms with E-state index in [4.69, 9.17) is 16.3 Å². The zero-order valence-electron chi connectivity index (χ0n) is 20.2. The van der Waals surface area contributed by atoms with E-state index in [-0.39, 0.29) is 11.2 Å². The number of hydrogen-bond acceptors (Lipinski definition) is 5. The predicted octanol–water partition coefficient (Wildman–Crippen LogP) is 4.86. The van der Waals surface area contributed by atoms with Crippen molar-refractivity contribution in [2.45, 2.75) is 43.9 Å². The molecule has 1 amide bonds. The van der Waals surface area contributed by atoms with Gasteiger partial charge >= 0.3 is 0 Å². The normalized spacial score (nSPS) is 29.9. The second-order valence-corrected chi connectivity index (χ2v) is 13.0. The summed E-state index contributed by atoms with van der Waals surface area (Å²) in [5.41, 5.74) is 3.61. The van der Waals surface area contributed by atoms with Gasteiger partial charge in [0, 0.05) is 29.1 Å². The standard InChI is InChI=1S/C28H31ClN2O4S/c29-23-9-10-24-20(14-23)5-3-12-28(24)17-31-16-22-7-6-19(22)4-1-2-13-36(33,34)30-27(32)21-8-11-26(35-18-28)25(31)15-21/h1,4,8-11,14-15,19,22H,2-3,5-7,12-13,16-18H2,(H,30,32)/b4-1+/t19-,22+,28+/m1/s1. The van der Waals surface area contributed by atoms with Crippen LogP contribution < -0.4 is 14.4 Å². The lowest BCUT2D eigenvalue weighted by atomic mass is 9.69. The maximum absolute atomic E-state index is 12.9. The number of carbonyl (C=O) groups excluding carboxylic acids is 1. The van der Waals surface area contributed by atoms with Crippen molar-refractivity contribution < 1.29 is 17.9 Å². The van der Waals surface area contributed by atoms with E-state index in [1.54, 1.807) is 12.1 Å². The molecule has 2 heterocycles. The predicted molar refractivity (Wildman–Crippen MR) is 141 cm³/mol. The molecule has 6 nitrogen and oxygen atoms in total. The van der Waals surface area contributed by atoms with Crippen molar-refractivity contribution in [2.75, 3.05) is 30.3 Å². The number of nitrogens with zero attached hydrogens (tertiary/aromatic N) is 1. The Morgan fingerprint density at radius 2 is 2.03 bits per heavy atom. The molecule has 2 bridgehead atoms. The summed E-state index contributed by atoms with van der Waals surface area (Å²) in [5.74, 6) is 0.963. The fourth-order valence-corrected chi connectivity index (χ4v) is 7.50. The number of amides is 1. The van der Waals surface area contributed by atoms with Crippen molar-refractivity contribution in [1.29, 1.82) is 0 Å². The van der Waals surface area contributed by atoms with Gasteiger partial charge in [-0.05, 0) is 91.8 Å². The minimum Gasteiger partial charge on any atom is -0.490 e. The monoisotopic (exact) mass is 526 g/mol. The molecular weight excluding hydrogens is 496 g/mol. The van der Waals surface area contributed by atoms with Crippen LogP contribution in [0.4, 0.5) is 5.69 Å². The highest BCUT2D eigenvalue weighted by Gasteiger charge is 2.43. The Morgan fingerprint density at radius 1 is 1.14 bits per heavy atom. The van der Waals surface area contributed by atoms with Crippen LogP contribution in [0.5, 0.6) is 5.75 Å². The van der Waals surface area contributed by atoms with Gasteiger partial charge in [0.15, 0.2) is 0 Å². The molecule has 2 aliphatic heterocycles. The van der Waals surface area contributed by atoms with Crippen molar-refractivity contribution in [3.63, 3.8) is 0 Å². The average molecular weight is 527 g/mol. The Morgan fingerprint density at radius 3 is 2.86 bits per heavy atom. The zero-order chi connectivity index (χ0) is 24.9. The summed E-state index contributed by atoms with van der Waals surface area (Å²) in [6, 6.07) is 11.5. The molecule has 2 aromatic rings. The van der Waals surface area contributed by atoms with Crippen LogP contribution in [0.15, 0.2) is 48.6 Å². The topological polar surface area (TPSA) is 75.7 Å². The lowest BCUT2D eigenvalue weighted by molar-refractivity contribution is 0.0981. The largest absolute Gasteiger partial charge is 0.490 e. The van der Waals surface area contributed by atoms with Gasteiger partial charge in [-0.1, -0.05) is 29.8 Å². The van der Waals surface area contributed by atoms with E-state index in [9.17, 15) is 13.2 Å². The van der Waals surface area contributed by atoms with E-state index >= 15 is 0 Å². The highest BCUT2D eigenvalue weighted by atomic mass is 35.5. The van der Waals surface area contributed by atoms with Gasteiger partial charge in [-0.25, -0.2) is 13.1 Å². The molecule has 0 aromatic heterocycles. The number of nitrogens with one attached hydrogen (secondary N) is 1. The Labute approximate surface area is 217 Å². The Hall–Kier alpha value is -2.51. The van der Waals surface area contributed by atoms with E-state index in [0.717, 1.165) is 61.7 Å². The number of benzene rings is 2. The Kier molecular flexibility index (Phi) is 6.03. The maximum atomic E-state index is 12.9. The fourth-order valence-electron chi connectivity index (χ4n) is 6.36. The number of allylic oxidation sites excluding steroid dienone is 2. The lowest BCUT2D eigenvalue weighted by Gasteiger charge is -2.44. The number of rotatable bonds is 0. The first-order valence-corrected chi connectivity index (χ1v) is 14.9. The van der Waals surface area contributed by atoms with Crippen molar-refractivity contribution in [2.24, 2.45) is 11.8 Å². The van der Waals surface area contributed by atoms with Gasteiger partial charge in [0.2, 0.25) is 10.0 Å². The molecule has 8 heteroatoms. The highest BCUT2D eigenvalue weighted by Crippen LogP contribution is 2.46. The van der Waals surface area contributed by atoms with Gasteiger partial charge in [0.1, 0.15) is 5.75 Å². The molecule has 3 atom stereocenters. The van der Waals surface area contributed by atoms with Crippen LogP contribution in [-0.4, -0.2) is 39.8 Å². The number of carbonyl (C=O) groups is 1. The van der Waals surface area contributed by atoms with Gasteiger partial charge in [0.05, 0.1) is 18.0 Å². The van der Waals surface area contributed by atoms with Gasteiger partial charge in [-0.2, -0.15) is 0 Å². The van der Waals surface area contributed by atoms with Crippen LogP contribution in [0.25, 0.3) is 0 Å². The summed E-state index contributed by atoms with van der Waals surface area (Å²) in [6.45, 7) is 2.21. The molecule has 0 unspecified atom stereocenters. The van der Waals surface area contributed by atoms with E-state index in [1.165, 1.54) is 11.1 Å². The third-order valence-electron chi connectivity index (χ3n) is 8.42. The molecule has 0 radical (unpaired) electrons. The summed E-state index contributed by atoms with van der Waals surface area (Å²) in [4.78, 5) is 15.3. The molecule has 1 saturated carbocycles. The summed E-state index contributed by atoms with van der Waals surface area (Å²) in [7, 11) is -3.71. The summed E-state index contributed by atoms with van der Waals surface area (Å²) in [6.07, 6.45) is 9.90. The molecule has 4 aliphatic rings. The molecule has 2 aromatic carbocycles. The molecular formula is C28H31ClN2O4S. The number of hydrogen-bond donors (Lipinski definition) is 1. The highest BCUT2D eigenvalue weighted by molar-refractivity contribution is 7.90. The molecule has 1 spiro atoms. The van der Waals surface area contributed by atoms with Gasteiger partial charge < -0.3 is 9.64 Å². The molecule has 0 saturated heterocycles. The van der Waals surface area contributed by atoms with Crippen molar-refractivity contribution in [3.8, 4) is 5.75 Å². The third kappa shape index (κ3) is 4.41. The van der Waals surface area contributed by atoms with Gasteiger partial charge in [-0.15, -0.1) is 0 Å². The average Bonchev–Trinajstić information content (AvgIpc) is 2.98. The number of sulfonamides is 1. The van der Waals surface area contributed by atoms with Gasteiger partial charge in [0.25, 0.3) is 5.91 Å². The number of fused-ring (bicyclic) bond motifs is 4. The Balaban J connectivity index is 1.43. The van der Waals surface area contributed by atoms with E-state index in [0.29, 0.717) is 30.4 Å². The minimum atomic E-state index is -3.71. The molecule has 1 N–H and O–H groups in total. The minimum absolute atomic E-state index is 0.0985. The van der Waals surface area contributed by atoms with E-state index < -0.39 is 15.9 Å². The van der Waals surface area contributed by atoms with Crippen LogP contribution in [-0.2, 0) is 21.9 Å². The zero-order valence-corrected chi connectivity index (χ0v) is 21.8. The van der Waals surface area contributed by atoms with Crippen molar-refractivity contribution in [1.82, 2.24) is 4.72 Å². The second kappa shape index (κ2) is 9.10. The first-order valence-electron chi connectivity index (χ1n) is 12.8. The summed E-state index contributed by atoms with van der Waals surface area (Å²) in [5, 5.41) is 0.761. The van der Waals surface area contributed by atoms with Gasteiger partial charge in [-0.3, -0.25) is 4.79 Å². The van der Waals surface area contributed by atoms with Crippen LogP contribution in [0.1, 0.15) is 53.6 Å². The molecule has 2 aliphatic carbocycles. The van der Waals surface area contributed by atoms with Crippen LogP contribution in [0, 0.1) is 11.8 Å². The Bertz CT molecular complexity index is 1340. The SMILES string of the molecule is O=C1NS(=O)(=O)CC/C=C/[C@@H]2CC[C@H]2CN2C[C@@]3(CCCc4cc(Cl)ccc43)COc3ccc1cc32. The number of aryl methyl sites for hydroxylation is 1. The third-order valence-corrected chi connectivity index (χ3v) is 9.92. The second-order valence-electron chi connectivity index (χ2n) is 10.8. The van der Waals surface area contributed by atoms with E-state index in [2.05, 4.69) is 27.8 Å². The van der Waals surface area contributed by atoms with Crippen molar-refractivity contribution in [3.05, 3.63) is 70.3 Å². The number of ether oxygens (including phenoxy) is 1. The first-order chi connectivity index (χ1) is 17.3. The smallest absolute Gasteiger partial charge is 0.264 e.